The van der Waals surface area contributed by atoms with E-state index in [1.54, 1.807) is 13.2 Å². The topological polar surface area (TPSA) is 35.2 Å². The summed E-state index contributed by atoms with van der Waals surface area (Å²) in [4.78, 5) is 0. The molecule has 1 aromatic rings. The monoisotopic (exact) mass is 279 g/mol. The van der Waals surface area contributed by atoms with E-state index < -0.39 is 0 Å². The van der Waals surface area contributed by atoms with E-state index in [4.69, 9.17) is 10.5 Å². The van der Waals surface area contributed by atoms with Gasteiger partial charge in [0.05, 0.1) is 17.3 Å². The summed E-state index contributed by atoms with van der Waals surface area (Å²) >= 11 is 6.65. The van der Waals surface area contributed by atoms with Gasteiger partial charge in [-0.2, -0.15) is 0 Å². The molecular weight excluding hydrogens is 274 g/mol. The quantitative estimate of drug-likeness (QED) is 0.803. The molecule has 0 heterocycles. The van der Waals surface area contributed by atoms with Crippen molar-refractivity contribution in [1.82, 2.24) is 0 Å². The minimum absolute atomic E-state index is 0.663. The van der Waals surface area contributed by atoms with Gasteiger partial charge < -0.3 is 10.5 Å². The van der Waals surface area contributed by atoms with Crippen molar-refractivity contribution in [3.8, 4) is 5.75 Å². The molecule has 60 valence electrons. The number of nitrogen functional groups attached to an aromatic ring is 1. The predicted molar refractivity (Wildman–Crippen MR) is 52.8 cm³/mol. The molecule has 0 fully saturated rings. The first kappa shape index (κ1) is 8.87. The maximum absolute atomic E-state index is 5.64. The van der Waals surface area contributed by atoms with Gasteiger partial charge in [0.25, 0.3) is 0 Å². The number of benzene rings is 1. The van der Waals surface area contributed by atoms with Crippen LogP contribution in [0, 0.1) is 0 Å². The van der Waals surface area contributed by atoms with Crippen molar-refractivity contribution >= 4 is 37.5 Å². The van der Waals surface area contributed by atoms with Gasteiger partial charge in [-0.15, -0.1) is 0 Å². The molecule has 11 heavy (non-hydrogen) atoms. The zero-order valence-electron chi connectivity index (χ0n) is 5.90. The van der Waals surface area contributed by atoms with Crippen LogP contribution in [-0.4, -0.2) is 7.11 Å². The third-order valence-electron chi connectivity index (χ3n) is 1.27. The van der Waals surface area contributed by atoms with Crippen molar-refractivity contribution in [2.75, 3.05) is 12.8 Å². The number of rotatable bonds is 1. The van der Waals surface area contributed by atoms with Crippen molar-refractivity contribution in [3.05, 3.63) is 21.1 Å². The van der Waals surface area contributed by atoms with E-state index in [1.165, 1.54) is 0 Å². The summed E-state index contributed by atoms with van der Waals surface area (Å²) in [5.74, 6) is 0.748. The van der Waals surface area contributed by atoms with Gasteiger partial charge in [-0.3, -0.25) is 0 Å². The molecule has 0 saturated carbocycles. The molecule has 0 aromatic heterocycles. The van der Waals surface area contributed by atoms with Crippen molar-refractivity contribution in [2.24, 2.45) is 0 Å². The summed E-state index contributed by atoms with van der Waals surface area (Å²) in [7, 11) is 1.61. The van der Waals surface area contributed by atoms with Crippen LogP contribution in [0.15, 0.2) is 21.1 Å². The highest BCUT2D eigenvalue weighted by atomic mass is 79.9. The zero-order valence-corrected chi connectivity index (χ0v) is 9.07. The Morgan fingerprint density at radius 3 is 2.45 bits per heavy atom. The molecule has 0 aliphatic carbocycles. The highest BCUT2D eigenvalue weighted by molar-refractivity contribution is 9.13. The molecule has 0 spiro atoms. The van der Waals surface area contributed by atoms with E-state index in [-0.39, 0.29) is 0 Å². The molecule has 2 nitrogen and oxygen atoms in total. The minimum Gasteiger partial charge on any atom is -0.497 e. The second kappa shape index (κ2) is 3.45. The Morgan fingerprint density at radius 2 is 2.00 bits per heavy atom. The first-order chi connectivity index (χ1) is 5.15. The molecule has 0 aliphatic heterocycles. The molecule has 0 saturated heterocycles. The average molecular weight is 281 g/mol. The van der Waals surface area contributed by atoms with E-state index >= 15 is 0 Å². The largest absolute Gasteiger partial charge is 0.497 e. The van der Waals surface area contributed by atoms with Crippen LogP contribution in [0.25, 0.3) is 0 Å². The van der Waals surface area contributed by atoms with Crippen LogP contribution in [-0.2, 0) is 0 Å². The van der Waals surface area contributed by atoms with Gasteiger partial charge in [-0.25, -0.2) is 0 Å². The van der Waals surface area contributed by atoms with Gasteiger partial charge in [-0.05, 0) is 37.9 Å². The lowest BCUT2D eigenvalue weighted by Gasteiger charge is -2.04. The molecule has 0 radical (unpaired) electrons. The molecule has 0 aliphatic rings. The molecule has 0 bridgehead atoms. The van der Waals surface area contributed by atoms with E-state index in [1.807, 2.05) is 6.07 Å². The minimum atomic E-state index is 0.663. The number of hydrogen-bond acceptors (Lipinski definition) is 2. The van der Waals surface area contributed by atoms with Crippen LogP contribution in [0.2, 0.25) is 0 Å². The standard InChI is InChI=1S/C7H7Br2NO/c1-11-4-2-5(8)7(9)6(10)3-4/h2-3H,10H2,1H3. The lowest BCUT2D eigenvalue weighted by Crippen LogP contribution is -1.90. The Labute approximate surface area is 82.0 Å². The smallest absolute Gasteiger partial charge is 0.122 e. The van der Waals surface area contributed by atoms with Gasteiger partial charge in [0.2, 0.25) is 0 Å². The van der Waals surface area contributed by atoms with Crippen LogP contribution in [0.1, 0.15) is 0 Å². The lowest BCUT2D eigenvalue weighted by atomic mass is 10.3. The predicted octanol–water partition coefficient (Wildman–Crippen LogP) is 2.80. The molecule has 2 N–H and O–H groups in total. The molecule has 1 aromatic carbocycles. The molecule has 1 rings (SSSR count). The highest BCUT2D eigenvalue weighted by Gasteiger charge is 2.03. The fourth-order valence-electron chi connectivity index (χ4n) is 0.702. The van der Waals surface area contributed by atoms with Crippen LogP contribution >= 0.6 is 31.9 Å². The Bertz CT molecular complexity index is 252. The Balaban J connectivity index is 3.21. The van der Waals surface area contributed by atoms with E-state index in [0.717, 1.165) is 14.7 Å². The van der Waals surface area contributed by atoms with Crippen LogP contribution in [0.5, 0.6) is 5.75 Å². The first-order valence-corrected chi connectivity index (χ1v) is 4.52. The normalized spacial score (nSPS) is 9.73. The summed E-state index contributed by atoms with van der Waals surface area (Å²) in [6.07, 6.45) is 0. The molecule has 0 atom stereocenters. The second-order valence-electron chi connectivity index (χ2n) is 2.01. The van der Waals surface area contributed by atoms with Crippen LogP contribution in [0.4, 0.5) is 5.69 Å². The van der Waals surface area contributed by atoms with Crippen LogP contribution in [0.3, 0.4) is 0 Å². The number of hydrogen-bond donors (Lipinski definition) is 1. The molecule has 0 amide bonds. The Kier molecular flexibility index (Phi) is 2.78. The maximum atomic E-state index is 5.64. The number of anilines is 1. The van der Waals surface area contributed by atoms with Gasteiger partial charge in [0.1, 0.15) is 5.75 Å². The summed E-state index contributed by atoms with van der Waals surface area (Å²) in [6.45, 7) is 0. The van der Waals surface area contributed by atoms with E-state index in [9.17, 15) is 0 Å². The van der Waals surface area contributed by atoms with Crippen molar-refractivity contribution in [2.45, 2.75) is 0 Å². The second-order valence-corrected chi connectivity index (χ2v) is 3.66. The van der Waals surface area contributed by atoms with Crippen molar-refractivity contribution in [3.63, 3.8) is 0 Å². The number of ether oxygens (including phenoxy) is 1. The van der Waals surface area contributed by atoms with E-state index in [0.29, 0.717) is 5.69 Å². The number of nitrogens with two attached hydrogens (primary N) is 1. The maximum Gasteiger partial charge on any atom is 0.122 e. The first-order valence-electron chi connectivity index (χ1n) is 2.93. The fourth-order valence-corrected chi connectivity index (χ4v) is 1.39. The lowest BCUT2D eigenvalue weighted by molar-refractivity contribution is 0.414. The Morgan fingerprint density at radius 1 is 1.36 bits per heavy atom. The summed E-state index contributed by atoms with van der Waals surface area (Å²) < 4.78 is 6.76. The zero-order chi connectivity index (χ0) is 8.43. The van der Waals surface area contributed by atoms with Gasteiger partial charge in [0.15, 0.2) is 0 Å². The van der Waals surface area contributed by atoms with Crippen LogP contribution < -0.4 is 10.5 Å². The SMILES string of the molecule is COc1cc(N)c(Br)c(Br)c1. The van der Waals surface area contributed by atoms with E-state index in [2.05, 4.69) is 31.9 Å². The van der Waals surface area contributed by atoms with Gasteiger partial charge >= 0.3 is 0 Å². The number of halogens is 2. The highest BCUT2D eigenvalue weighted by Crippen LogP contribution is 2.32. The molecular formula is C7H7Br2NO. The van der Waals surface area contributed by atoms with Crippen molar-refractivity contribution < 1.29 is 4.74 Å². The van der Waals surface area contributed by atoms with Gasteiger partial charge in [-0.1, -0.05) is 0 Å². The summed E-state index contributed by atoms with van der Waals surface area (Å²) in [5.41, 5.74) is 6.30. The molecule has 4 heteroatoms. The van der Waals surface area contributed by atoms with Crippen molar-refractivity contribution in [1.29, 1.82) is 0 Å². The average Bonchev–Trinajstić information content (AvgIpc) is 1.99. The third-order valence-corrected chi connectivity index (χ3v) is 3.31. The van der Waals surface area contributed by atoms with Gasteiger partial charge in [0, 0.05) is 10.5 Å². The third kappa shape index (κ3) is 1.87. The summed E-state index contributed by atoms with van der Waals surface area (Å²) in [5, 5.41) is 0. The number of methoxy groups -OCH3 is 1. The molecule has 0 unspecified atom stereocenters. The Hall–Kier alpha value is -0.220. The summed E-state index contributed by atoms with van der Waals surface area (Å²) in [6, 6.07) is 3.61. The fraction of sp³-hybridized carbons (Fsp3) is 0.143.